The maximum atomic E-state index is 12.6. The number of thiophene rings is 1. The lowest BCUT2D eigenvalue weighted by Gasteiger charge is -2.30. The molecule has 10 heteroatoms. The van der Waals surface area contributed by atoms with Gasteiger partial charge in [-0.2, -0.15) is 16.4 Å². The highest BCUT2D eigenvalue weighted by molar-refractivity contribution is 7.08. The monoisotopic (exact) mass is 440 g/mol. The standard InChI is InChI=1S/C21H20N4O5S/c1-3-30-15-7-12(6-14(19(15)26)20(27)28)17-16(11-4-5-31-10-11)18(24-21(29)23-17)13-8-22-25(2)9-13/h4-10,17,26H,3H2,1-2H3,(H,27,28)(H2,23,24,29)/t17-/m1/s1. The molecule has 1 aliphatic heterocycles. The molecule has 0 aliphatic carbocycles. The van der Waals surface area contributed by atoms with Gasteiger partial charge in [-0.15, -0.1) is 0 Å². The quantitative estimate of drug-likeness (QED) is 0.466. The fraction of sp³-hybridized carbons (Fsp3) is 0.190. The lowest BCUT2D eigenvalue weighted by Crippen LogP contribution is -2.42. The fourth-order valence-corrected chi connectivity index (χ4v) is 4.20. The van der Waals surface area contributed by atoms with E-state index in [0.717, 1.165) is 11.1 Å². The number of aromatic hydroxyl groups is 1. The van der Waals surface area contributed by atoms with E-state index in [4.69, 9.17) is 4.74 Å². The molecule has 0 spiro atoms. The largest absolute Gasteiger partial charge is 0.504 e. The SMILES string of the molecule is CCOc1cc([C@H]2NC(=O)NC(c3cnn(C)c3)=C2c2ccsc2)cc(C(=O)O)c1O. The number of benzene rings is 1. The Bertz CT molecular complexity index is 1180. The molecule has 2 aromatic heterocycles. The van der Waals surface area contributed by atoms with Crippen LogP contribution in [0.2, 0.25) is 0 Å². The number of hydrogen-bond donors (Lipinski definition) is 4. The Morgan fingerprint density at radius 2 is 2.16 bits per heavy atom. The fourth-order valence-electron chi connectivity index (χ4n) is 3.55. The topological polar surface area (TPSA) is 126 Å². The van der Waals surface area contributed by atoms with Crippen LogP contribution in [0.25, 0.3) is 11.3 Å². The van der Waals surface area contributed by atoms with Gasteiger partial charge in [0.2, 0.25) is 0 Å². The van der Waals surface area contributed by atoms with Gasteiger partial charge >= 0.3 is 12.0 Å². The molecular weight excluding hydrogens is 420 g/mol. The van der Waals surface area contributed by atoms with Crippen molar-refractivity contribution >= 4 is 34.6 Å². The van der Waals surface area contributed by atoms with E-state index < -0.39 is 23.8 Å². The normalized spacial score (nSPS) is 16.1. The number of carboxylic acid groups (broad SMARTS) is 1. The number of amides is 2. The first-order valence-electron chi connectivity index (χ1n) is 9.45. The minimum atomic E-state index is -1.30. The van der Waals surface area contributed by atoms with Crippen molar-refractivity contribution in [3.8, 4) is 11.5 Å². The van der Waals surface area contributed by atoms with E-state index in [2.05, 4.69) is 15.7 Å². The lowest BCUT2D eigenvalue weighted by molar-refractivity contribution is 0.0692. The van der Waals surface area contributed by atoms with Crippen LogP contribution in [0, 0.1) is 0 Å². The lowest BCUT2D eigenvalue weighted by atomic mass is 9.88. The average molecular weight is 440 g/mol. The first kappa shape index (κ1) is 20.5. The second-order valence-electron chi connectivity index (χ2n) is 6.89. The Morgan fingerprint density at radius 3 is 2.77 bits per heavy atom. The molecule has 1 atom stereocenters. The zero-order valence-electron chi connectivity index (χ0n) is 16.7. The molecule has 9 nitrogen and oxygen atoms in total. The number of aromatic carboxylic acids is 1. The third-order valence-electron chi connectivity index (χ3n) is 4.86. The van der Waals surface area contributed by atoms with Crippen LogP contribution in [0.1, 0.15) is 40.0 Å². The van der Waals surface area contributed by atoms with E-state index in [1.807, 2.05) is 16.8 Å². The van der Waals surface area contributed by atoms with Gasteiger partial charge in [-0.05, 0) is 47.0 Å². The molecular formula is C21H20N4O5S. The van der Waals surface area contributed by atoms with Gasteiger partial charge in [0.05, 0.1) is 24.5 Å². The average Bonchev–Trinajstić information content (AvgIpc) is 3.40. The van der Waals surface area contributed by atoms with Gasteiger partial charge in [0.15, 0.2) is 11.5 Å². The number of carbonyl (C=O) groups is 2. The van der Waals surface area contributed by atoms with Crippen LogP contribution in [0.5, 0.6) is 11.5 Å². The summed E-state index contributed by atoms with van der Waals surface area (Å²) in [5, 5.41) is 33.7. The Labute approximate surface area is 181 Å². The molecule has 0 bridgehead atoms. The third kappa shape index (κ3) is 3.84. The maximum absolute atomic E-state index is 12.6. The third-order valence-corrected chi connectivity index (χ3v) is 5.54. The molecule has 4 rings (SSSR count). The van der Waals surface area contributed by atoms with Crippen LogP contribution in [-0.4, -0.2) is 38.6 Å². The molecule has 0 saturated heterocycles. The van der Waals surface area contributed by atoms with Crippen LogP contribution < -0.4 is 15.4 Å². The highest BCUT2D eigenvalue weighted by Crippen LogP contribution is 2.42. The number of aromatic nitrogens is 2. The number of nitrogens with zero attached hydrogens (tertiary/aromatic N) is 2. The number of phenols is 1. The Kier molecular flexibility index (Phi) is 5.38. The minimum Gasteiger partial charge on any atom is -0.504 e. The van der Waals surface area contributed by atoms with Crippen LogP contribution in [0.4, 0.5) is 4.79 Å². The van der Waals surface area contributed by atoms with E-state index >= 15 is 0 Å². The minimum absolute atomic E-state index is 0.0396. The second-order valence-corrected chi connectivity index (χ2v) is 7.67. The number of nitrogens with one attached hydrogen (secondary N) is 2. The number of carbonyl (C=O) groups excluding carboxylic acids is 1. The van der Waals surface area contributed by atoms with Crippen LogP contribution in [0.3, 0.4) is 0 Å². The summed E-state index contributed by atoms with van der Waals surface area (Å²) < 4.78 is 7.09. The second kappa shape index (κ2) is 8.15. The summed E-state index contributed by atoms with van der Waals surface area (Å²) in [4.78, 5) is 24.3. The highest BCUT2D eigenvalue weighted by Gasteiger charge is 2.32. The predicted molar refractivity (Wildman–Crippen MR) is 115 cm³/mol. The van der Waals surface area contributed by atoms with Gasteiger partial charge in [0, 0.05) is 24.4 Å². The number of carboxylic acids is 1. The molecule has 0 saturated carbocycles. The van der Waals surface area contributed by atoms with Gasteiger partial charge in [-0.1, -0.05) is 0 Å². The van der Waals surface area contributed by atoms with E-state index in [1.165, 1.54) is 17.4 Å². The van der Waals surface area contributed by atoms with Crippen LogP contribution >= 0.6 is 11.3 Å². The summed E-state index contributed by atoms with van der Waals surface area (Å²) in [6.07, 6.45) is 3.44. The van der Waals surface area contributed by atoms with Gasteiger partial charge in [0.25, 0.3) is 0 Å². The summed E-state index contributed by atoms with van der Waals surface area (Å²) in [5.41, 5.74) is 3.06. The van der Waals surface area contributed by atoms with Crippen molar-refractivity contribution in [1.82, 2.24) is 20.4 Å². The molecule has 3 heterocycles. The summed E-state index contributed by atoms with van der Waals surface area (Å²) in [5.74, 6) is -1.71. The highest BCUT2D eigenvalue weighted by atomic mass is 32.1. The van der Waals surface area contributed by atoms with E-state index in [0.29, 0.717) is 16.8 Å². The summed E-state index contributed by atoms with van der Waals surface area (Å²) in [7, 11) is 1.78. The van der Waals surface area contributed by atoms with Crippen molar-refractivity contribution in [2.45, 2.75) is 13.0 Å². The summed E-state index contributed by atoms with van der Waals surface area (Å²) >= 11 is 1.50. The Morgan fingerprint density at radius 1 is 1.35 bits per heavy atom. The molecule has 0 unspecified atom stereocenters. The molecule has 4 N–H and O–H groups in total. The maximum Gasteiger partial charge on any atom is 0.339 e. The number of hydrogen-bond acceptors (Lipinski definition) is 6. The van der Waals surface area contributed by atoms with Crippen molar-refractivity contribution in [3.63, 3.8) is 0 Å². The number of rotatable bonds is 6. The van der Waals surface area contributed by atoms with Crippen LogP contribution in [0.15, 0.2) is 41.4 Å². The summed E-state index contributed by atoms with van der Waals surface area (Å²) in [6.45, 7) is 1.97. The first-order chi connectivity index (χ1) is 14.9. The number of ether oxygens (including phenoxy) is 1. The zero-order valence-corrected chi connectivity index (χ0v) is 17.6. The molecule has 160 valence electrons. The van der Waals surface area contributed by atoms with Crippen molar-refractivity contribution in [2.24, 2.45) is 7.05 Å². The number of urea groups is 1. The van der Waals surface area contributed by atoms with Gasteiger partial charge in [0.1, 0.15) is 5.56 Å². The van der Waals surface area contributed by atoms with Gasteiger partial charge in [-0.25, -0.2) is 9.59 Å². The van der Waals surface area contributed by atoms with Crippen molar-refractivity contribution < 1.29 is 24.5 Å². The van der Waals surface area contributed by atoms with Crippen molar-refractivity contribution in [3.05, 3.63) is 63.6 Å². The van der Waals surface area contributed by atoms with E-state index in [1.54, 1.807) is 37.1 Å². The van der Waals surface area contributed by atoms with E-state index in [-0.39, 0.29) is 17.9 Å². The van der Waals surface area contributed by atoms with Crippen molar-refractivity contribution in [2.75, 3.05) is 6.61 Å². The van der Waals surface area contributed by atoms with Crippen molar-refractivity contribution in [1.29, 1.82) is 0 Å². The summed E-state index contributed by atoms with van der Waals surface area (Å²) in [6, 6.07) is 3.70. The molecule has 0 fully saturated rings. The Balaban J connectivity index is 1.96. The first-order valence-corrected chi connectivity index (χ1v) is 10.4. The zero-order chi connectivity index (χ0) is 22.1. The van der Waals surface area contributed by atoms with Crippen LogP contribution in [-0.2, 0) is 7.05 Å². The molecule has 2 amide bonds. The predicted octanol–water partition coefficient (Wildman–Crippen LogP) is 3.21. The molecule has 3 aromatic rings. The molecule has 31 heavy (non-hydrogen) atoms. The van der Waals surface area contributed by atoms with Gasteiger partial charge in [-0.3, -0.25) is 4.68 Å². The Hall–Kier alpha value is -3.79. The van der Waals surface area contributed by atoms with E-state index in [9.17, 15) is 19.8 Å². The number of aryl methyl sites for hydroxylation is 1. The molecule has 1 aromatic carbocycles. The molecule has 0 radical (unpaired) electrons. The van der Waals surface area contributed by atoms with Gasteiger partial charge < -0.3 is 25.6 Å². The molecule has 1 aliphatic rings. The smallest absolute Gasteiger partial charge is 0.339 e.